The second-order valence-corrected chi connectivity index (χ2v) is 5.74. The number of hydrogen-bond donors (Lipinski definition) is 1. The van der Waals surface area contributed by atoms with Crippen LogP contribution in [0.2, 0.25) is 4.34 Å². The van der Waals surface area contributed by atoms with E-state index < -0.39 is 0 Å². The molecule has 0 fully saturated rings. The van der Waals surface area contributed by atoms with Gasteiger partial charge < -0.3 is 5.32 Å². The molecule has 15 heavy (non-hydrogen) atoms. The van der Waals surface area contributed by atoms with Crippen LogP contribution < -0.4 is 5.32 Å². The predicted molar refractivity (Wildman–Crippen MR) is 66.7 cm³/mol. The Morgan fingerprint density at radius 2 is 2.40 bits per heavy atom. The number of hydrogen-bond acceptors (Lipinski definition) is 4. The van der Waals surface area contributed by atoms with Gasteiger partial charge in [-0.05, 0) is 19.1 Å². The van der Waals surface area contributed by atoms with E-state index in [4.69, 9.17) is 11.6 Å². The maximum Gasteiger partial charge on any atom is 0.0931 e. The van der Waals surface area contributed by atoms with Crippen LogP contribution in [0.3, 0.4) is 0 Å². The van der Waals surface area contributed by atoms with Gasteiger partial charge in [-0.3, -0.25) is 0 Å². The van der Waals surface area contributed by atoms with Crippen LogP contribution in [0.5, 0.6) is 0 Å². The smallest absolute Gasteiger partial charge is 0.0931 e. The van der Waals surface area contributed by atoms with Crippen LogP contribution in [0.4, 0.5) is 0 Å². The van der Waals surface area contributed by atoms with Crippen molar-refractivity contribution in [2.75, 3.05) is 0 Å². The van der Waals surface area contributed by atoms with Gasteiger partial charge in [-0.15, -0.1) is 22.7 Å². The van der Waals surface area contributed by atoms with Gasteiger partial charge in [0, 0.05) is 22.8 Å². The Kier molecular flexibility index (Phi) is 3.75. The molecule has 80 valence electrons. The van der Waals surface area contributed by atoms with E-state index in [9.17, 15) is 0 Å². The van der Waals surface area contributed by atoms with E-state index in [1.165, 1.54) is 4.88 Å². The largest absolute Gasteiger partial charge is 0.304 e. The summed E-state index contributed by atoms with van der Waals surface area (Å²) in [4.78, 5) is 5.52. The fourth-order valence-corrected chi connectivity index (χ4v) is 2.93. The molecular formula is C10H11ClN2S2. The minimum atomic E-state index is 0.289. The van der Waals surface area contributed by atoms with E-state index in [1.54, 1.807) is 22.7 Å². The Bertz CT molecular complexity index is 411. The maximum atomic E-state index is 5.86. The van der Waals surface area contributed by atoms with Crippen molar-refractivity contribution in [3.63, 3.8) is 0 Å². The average molecular weight is 259 g/mol. The zero-order valence-corrected chi connectivity index (χ0v) is 10.6. The van der Waals surface area contributed by atoms with Crippen molar-refractivity contribution in [1.82, 2.24) is 10.3 Å². The molecule has 1 N–H and O–H groups in total. The number of aromatic nitrogens is 1. The molecule has 0 radical (unpaired) electrons. The van der Waals surface area contributed by atoms with Crippen molar-refractivity contribution >= 4 is 34.3 Å². The summed E-state index contributed by atoms with van der Waals surface area (Å²) in [7, 11) is 0. The quantitative estimate of drug-likeness (QED) is 0.904. The lowest BCUT2D eigenvalue weighted by Gasteiger charge is -2.09. The Balaban J connectivity index is 1.88. The molecule has 0 aliphatic carbocycles. The van der Waals surface area contributed by atoms with Crippen molar-refractivity contribution in [2.45, 2.75) is 19.5 Å². The van der Waals surface area contributed by atoms with Crippen molar-refractivity contribution in [2.24, 2.45) is 0 Å². The summed E-state index contributed by atoms with van der Waals surface area (Å²) in [5.74, 6) is 0. The fraction of sp³-hybridized carbons (Fsp3) is 0.300. The molecule has 1 atom stereocenters. The van der Waals surface area contributed by atoms with Crippen LogP contribution in [0, 0.1) is 0 Å². The molecule has 1 unspecified atom stereocenters. The molecule has 0 bridgehead atoms. The van der Waals surface area contributed by atoms with Gasteiger partial charge in [0.05, 0.1) is 15.5 Å². The third-order valence-electron chi connectivity index (χ3n) is 2.11. The molecule has 0 aliphatic heterocycles. The first-order valence-corrected chi connectivity index (χ1v) is 6.75. The van der Waals surface area contributed by atoms with Gasteiger partial charge in [0.2, 0.25) is 0 Å². The van der Waals surface area contributed by atoms with Crippen molar-refractivity contribution < 1.29 is 0 Å². The maximum absolute atomic E-state index is 5.86. The molecule has 2 rings (SSSR count). The van der Waals surface area contributed by atoms with Crippen molar-refractivity contribution in [3.05, 3.63) is 37.9 Å². The second kappa shape index (κ2) is 5.07. The first-order valence-electron chi connectivity index (χ1n) is 4.61. The van der Waals surface area contributed by atoms with E-state index >= 15 is 0 Å². The highest BCUT2D eigenvalue weighted by Crippen LogP contribution is 2.22. The van der Waals surface area contributed by atoms with Gasteiger partial charge in [0.25, 0.3) is 0 Å². The Morgan fingerprint density at radius 1 is 1.53 bits per heavy atom. The number of rotatable bonds is 4. The van der Waals surface area contributed by atoms with Gasteiger partial charge in [-0.1, -0.05) is 11.6 Å². The van der Waals surface area contributed by atoms with Crippen LogP contribution in [-0.4, -0.2) is 4.98 Å². The monoisotopic (exact) mass is 258 g/mol. The Labute approximate surface area is 102 Å². The third-order valence-corrected chi connectivity index (χ3v) is 3.94. The van der Waals surface area contributed by atoms with Gasteiger partial charge in [-0.2, -0.15) is 0 Å². The van der Waals surface area contributed by atoms with Crippen LogP contribution in [0.15, 0.2) is 23.0 Å². The minimum Gasteiger partial charge on any atom is -0.304 e. The van der Waals surface area contributed by atoms with Crippen LogP contribution in [-0.2, 0) is 6.54 Å². The number of thiophene rings is 1. The van der Waals surface area contributed by atoms with Crippen molar-refractivity contribution in [1.29, 1.82) is 0 Å². The molecule has 0 aromatic carbocycles. The molecule has 2 heterocycles. The fourth-order valence-electron chi connectivity index (χ4n) is 1.24. The SMILES string of the molecule is CC(NCc1ccc(Cl)s1)c1cscn1. The van der Waals surface area contributed by atoms with Crippen LogP contribution in [0.25, 0.3) is 0 Å². The first kappa shape index (κ1) is 11.1. The van der Waals surface area contributed by atoms with Gasteiger partial charge in [0.15, 0.2) is 0 Å². The normalized spacial score (nSPS) is 12.9. The van der Waals surface area contributed by atoms with E-state index in [0.29, 0.717) is 0 Å². The third kappa shape index (κ3) is 3.01. The second-order valence-electron chi connectivity index (χ2n) is 3.22. The van der Waals surface area contributed by atoms with Gasteiger partial charge in [0.1, 0.15) is 0 Å². The molecule has 2 nitrogen and oxygen atoms in total. The minimum absolute atomic E-state index is 0.289. The zero-order chi connectivity index (χ0) is 10.7. The zero-order valence-electron chi connectivity index (χ0n) is 8.24. The first-order chi connectivity index (χ1) is 7.25. The molecule has 0 amide bonds. The number of nitrogens with zero attached hydrogens (tertiary/aromatic N) is 1. The number of thiazole rings is 1. The van der Waals surface area contributed by atoms with Gasteiger partial charge in [-0.25, -0.2) is 4.98 Å². The van der Waals surface area contributed by atoms with E-state index in [1.807, 2.05) is 17.6 Å². The molecular weight excluding hydrogens is 248 g/mol. The van der Waals surface area contributed by atoms with E-state index in [0.717, 1.165) is 16.6 Å². The average Bonchev–Trinajstić information content (AvgIpc) is 2.84. The summed E-state index contributed by atoms with van der Waals surface area (Å²) >= 11 is 9.09. The Hall–Kier alpha value is -0.420. The van der Waals surface area contributed by atoms with Gasteiger partial charge >= 0.3 is 0 Å². The summed E-state index contributed by atoms with van der Waals surface area (Å²) in [5.41, 5.74) is 2.96. The molecule has 0 saturated heterocycles. The summed E-state index contributed by atoms with van der Waals surface area (Å²) in [6, 6.07) is 4.27. The highest BCUT2D eigenvalue weighted by atomic mass is 35.5. The number of halogens is 1. The molecule has 0 saturated carbocycles. The molecule has 2 aromatic heterocycles. The highest BCUT2D eigenvalue weighted by Gasteiger charge is 2.07. The summed E-state index contributed by atoms with van der Waals surface area (Å²) in [6.07, 6.45) is 0. The topological polar surface area (TPSA) is 24.9 Å². The number of nitrogens with one attached hydrogen (secondary N) is 1. The predicted octanol–water partition coefficient (Wildman–Crippen LogP) is 3.71. The molecule has 5 heteroatoms. The van der Waals surface area contributed by atoms with E-state index in [2.05, 4.69) is 22.6 Å². The summed E-state index contributed by atoms with van der Waals surface area (Å²) in [6.45, 7) is 2.96. The molecule has 2 aromatic rings. The summed E-state index contributed by atoms with van der Waals surface area (Å²) in [5, 5.41) is 5.48. The van der Waals surface area contributed by atoms with Crippen LogP contribution in [0.1, 0.15) is 23.5 Å². The summed E-state index contributed by atoms with van der Waals surface area (Å²) < 4.78 is 0.841. The highest BCUT2D eigenvalue weighted by molar-refractivity contribution is 7.16. The lowest BCUT2D eigenvalue weighted by atomic mass is 10.2. The van der Waals surface area contributed by atoms with Crippen molar-refractivity contribution in [3.8, 4) is 0 Å². The molecule has 0 spiro atoms. The molecule has 0 aliphatic rings. The lowest BCUT2D eigenvalue weighted by Crippen LogP contribution is -2.17. The van der Waals surface area contributed by atoms with Crippen LogP contribution >= 0.6 is 34.3 Å². The standard InChI is InChI=1S/C10H11ClN2S2/c1-7(9-5-14-6-13-9)12-4-8-2-3-10(11)15-8/h2-3,5-7,12H,4H2,1H3. The lowest BCUT2D eigenvalue weighted by molar-refractivity contribution is 0.568. The Morgan fingerprint density at radius 3 is 3.00 bits per heavy atom. The van der Waals surface area contributed by atoms with E-state index in [-0.39, 0.29) is 6.04 Å².